The van der Waals surface area contributed by atoms with Crippen LogP contribution in [0.1, 0.15) is 5.56 Å². The van der Waals surface area contributed by atoms with E-state index in [2.05, 4.69) is 4.72 Å². The Morgan fingerprint density at radius 1 is 1.28 bits per heavy atom. The van der Waals surface area contributed by atoms with Crippen molar-refractivity contribution in [3.63, 3.8) is 0 Å². The highest BCUT2D eigenvalue weighted by atomic mass is 32.2. The zero-order chi connectivity index (χ0) is 13.0. The molecule has 1 aromatic carbocycles. The molecule has 0 aromatic heterocycles. The van der Waals surface area contributed by atoms with Gasteiger partial charge in [-0.2, -0.15) is 12.7 Å². The Kier molecular flexibility index (Phi) is 4.18. The number of morpholine rings is 1. The lowest BCUT2D eigenvalue weighted by atomic mass is 10.2. The molecular formula is C11H17N3O3S. The molecule has 0 atom stereocenters. The lowest BCUT2D eigenvalue weighted by Gasteiger charge is -2.26. The van der Waals surface area contributed by atoms with Crippen molar-refractivity contribution in [1.29, 1.82) is 0 Å². The summed E-state index contributed by atoms with van der Waals surface area (Å²) in [5, 5.41) is 0. The highest BCUT2D eigenvalue weighted by molar-refractivity contribution is 7.90. The summed E-state index contributed by atoms with van der Waals surface area (Å²) in [6, 6.07) is 7.11. The molecule has 0 amide bonds. The average molecular weight is 271 g/mol. The molecule has 2 rings (SSSR count). The fraction of sp³-hybridized carbons (Fsp3) is 0.455. The third kappa shape index (κ3) is 2.99. The largest absolute Gasteiger partial charge is 0.379 e. The number of nitrogens with zero attached hydrogens (tertiary/aromatic N) is 1. The average Bonchev–Trinajstić information content (AvgIpc) is 2.40. The Hall–Kier alpha value is -1.15. The molecule has 100 valence electrons. The van der Waals surface area contributed by atoms with Crippen LogP contribution in [0.15, 0.2) is 24.3 Å². The van der Waals surface area contributed by atoms with Crippen LogP contribution in [0, 0.1) is 0 Å². The first-order valence-electron chi connectivity index (χ1n) is 5.77. The zero-order valence-electron chi connectivity index (χ0n) is 10.0. The molecule has 3 N–H and O–H groups in total. The molecule has 7 heteroatoms. The van der Waals surface area contributed by atoms with Crippen molar-refractivity contribution in [2.45, 2.75) is 6.54 Å². The van der Waals surface area contributed by atoms with Crippen LogP contribution >= 0.6 is 0 Å². The van der Waals surface area contributed by atoms with Crippen LogP contribution < -0.4 is 10.5 Å². The molecule has 1 aromatic rings. The maximum atomic E-state index is 12.1. The van der Waals surface area contributed by atoms with E-state index in [9.17, 15) is 8.42 Å². The Labute approximate surface area is 107 Å². The molecule has 1 aliphatic heterocycles. The van der Waals surface area contributed by atoms with Gasteiger partial charge >= 0.3 is 10.2 Å². The van der Waals surface area contributed by atoms with Crippen molar-refractivity contribution < 1.29 is 13.2 Å². The van der Waals surface area contributed by atoms with Gasteiger partial charge in [-0.3, -0.25) is 4.72 Å². The Morgan fingerprint density at radius 2 is 1.94 bits per heavy atom. The lowest BCUT2D eigenvalue weighted by molar-refractivity contribution is 0.0733. The van der Waals surface area contributed by atoms with E-state index in [1.807, 2.05) is 6.07 Å². The predicted molar refractivity (Wildman–Crippen MR) is 69.3 cm³/mol. The minimum Gasteiger partial charge on any atom is -0.379 e. The van der Waals surface area contributed by atoms with Crippen LogP contribution in [0.2, 0.25) is 0 Å². The van der Waals surface area contributed by atoms with Gasteiger partial charge in [-0.1, -0.05) is 18.2 Å². The van der Waals surface area contributed by atoms with Gasteiger partial charge in [0.1, 0.15) is 0 Å². The predicted octanol–water partition coefficient (Wildman–Crippen LogP) is 0.134. The van der Waals surface area contributed by atoms with E-state index in [-0.39, 0.29) is 0 Å². The first kappa shape index (κ1) is 13.3. The van der Waals surface area contributed by atoms with E-state index in [4.69, 9.17) is 10.5 Å². The van der Waals surface area contributed by atoms with E-state index in [0.29, 0.717) is 38.5 Å². The summed E-state index contributed by atoms with van der Waals surface area (Å²) in [4.78, 5) is 0. The van der Waals surface area contributed by atoms with Crippen molar-refractivity contribution in [3.05, 3.63) is 29.8 Å². The first-order chi connectivity index (χ1) is 8.63. The number of hydrogen-bond acceptors (Lipinski definition) is 4. The van der Waals surface area contributed by atoms with Crippen LogP contribution in [-0.2, 0) is 21.5 Å². The van der Waals surface area contributed by atoms with Gasteiger partial charge in [0.25, 0.3) is 0 Å². The molecule has 1 aliphatic rings. The second kappa shape index (κ2) is 5.66. The Bertz CT molecular complexity index is 498. The van der Waals surface area contributed by atoms with Crippen LogP contribution in [0.5, 0.6) is 0 Å². The fourth-order valence-electron chi connectivity index (χ4n) is 1.79. The maximum Gasteiger partial charge on any atom is 0.301 e. The number of ether oxygens (including phenoxy) is 1. The molecule has 1 fully saturated rings. The number of hydrogen-bond donors (Lipinski definition) is 2. The standard InChI is InChI=1S/C11H17N3O3S/c12-9-10-3-1-2-4-11(10)13-18(15,16)14-5-7-17-8-6-14/h1-4,13H,5-9,12H2. The number of rotatable bonds is 4. The van der Waals surface area contributed by atoms with Gasteiger partial charge in [-0.05, 0) is 11.6 Å². The lowest BCUT2D eigenvalue weighted by Crippen LogP contribution is -2.43. The van der Waals surface area contributed by atoms with Gasteiger partial charge in [0.15, 0.2) is 0 Å². The minimum atomic E-state index is -3.52. The number of nitrogens with one attached hydrogen (secondary N) is 1. The van der Waals surface area contributed by atoms with Crippen LogP contribution in [-0.4, -0.2) is 39.0 Å². The maximum absolute atomic E-state index is 12.1. The van der Waals surface area contributed by atoms with E-state index in [0.717, 1.165) is 5.56 Å². The van der Waals surface area contributed by atoms with Gasteiger partial charge in [0.05, 0.1) is 18.9 Å². The van der Waals surface area contributed by atoms with Crippen molar-refractivity contribution in [3.8, 4) is 0 Å². The molecule has 1 heterocycles. The highest BCUT2D eigenvalue weighted by Crippen LogP contribution is 2.17. The smallest absolute Gasteiger partial charge is 0.301 e. The molecule has 0 aliphatic carbocycles. The first-order valence-corrected chi connectivity index (χ1v) is 7.21. The van der Waals surface area contributed by atoms with Gasteiger partial charge in [0, 0.05) is 19.6 Å². The molecule has 0 radical (unpaired) electrons. The molecular weight excluding hydrogens is 254 g/mol. The van der Waals surface area contributed by atoms with Crippen LogP contribution in [0.4, 0.5) is 5.69 Å². The molecule has 0 unspecified atom stereocenters. The van der Waals surface area contributed by atoms with Gasteiger partial charge in [-0.25, -0.2) is 0 Å². The highest BCUT2D eigenvalue weighted by Gasteiger charge is 2.24. The summed E-state index contributed by atoms with van der Waals surface area (Å²) in [6.45, 7) is 1.90. The third-order valence-electron chi connectivity index (χ3n) is 2.79. The third-order valence-corrected chi connectivity index (χ3v) is 4.31. The topological polar surface area (TPSA) is 84.7 Å². The molecule has 0 saturated carbocycles. The van der Waals surface area contributed by atoms with E-state index in [1.165, 1.54) is 4.31 Å². The van der Waals surface area contributed by atoms with Gasteiger partial charge < -0.3 is 10.5 Å². The summed E-state index contributed by atoms with van der Waals surface area (Å²) >= 11 is 0. The second-order valence-electron chi connectivity index (χ2n) is 3.98. The fourth-order valence-corrected chi connectivity index (χ4v) is 3.02. The van der Waals surface area contributed by atoms with Crippen molar-refractivity contribution >= 4 is 15.9 Å². The second-order valence-corrected chi connectivity index (χ2v) is 5.65. The molecule has 0 bridgehead atoms. The van der Waals surface area contributed by atoms with Crippen molar-refractivity contribution in [2.24, 2.45) is 5.73 Å². The Balaban J connectivity index is 2.16. The number of nitrogens with two attached hydrogens (primary N) is 1. The van der Waals surface area contributed by atoms with Gasteiger partial charge in [-0.15, -0.1) is 0 Å². The van der Waals surface area contributed by atoms with E-state index >= 15 is 0 Å². The summed E-state index contributed by atoms with van der Waals surface area (Å²) in [6.07, 6.45) is 0. The number of anilines is 1. The molecule has 18 heavy (non-hydrogen) atoms. The summed E-state index contributed by atoms with van der Waals surface area (Å²) in [5.41, 5.74) is 6.89. The molecule has 6 nitrogen and oxygen atoms in total. The van der Waals surface area contributed by atoms with Crippen molar-refractivity contribution in [2.75, 3.05) is 31.0 Å². The van der Waals surface area contributed by atoms with E-state index in [1.54, 1.807) is 18.2 Å². The monoisotopic (exact) mass is 271 g/mol. The van der Waals surface area contributed by atoms with Crippen LogP contribution in [0.3, 0.4) is 0 Å². The quantitative estimate of drug-likeness (QED) is 0.815. The SMILES string of the molecule is NCc1ccccc1NS(=O)(=O)N1CCOCC1. The summed E-state index contributed by atoms with van der Waals surface area (Å²) in [5.74, 6) is 0. The number of para-hydroxylation sites is 1. The number of benzene rings is 1. The van der Waals surface area contributed by atoms with Crippen molar-refractivity contribution in [1.82, 2.24) is 4.31 Å². The van der Waals surface area contributed by atoms with E-state index < -0.39 is 10.2 Å². The Morgan fingerprint density at radius 3 is 2.61 bits per heavy atom. The van der Waals surface area contributed by atoms with Gasteiger partial charge in [0.2, 0.25) is 0 Å². The normalized spacial score (nSPS) is 17.6. The summed E-state index contributed by atoms with van der Waals surface area (Å²) in [7, 11) is -3.52. The molecule has 0 spiro atoms. The summed E-state index contributed by atoms with van der Waals surface area (Å²) < 4.78 is 33.4. The molecule has 1 saturated heterocycles. The zero-order valence-corrected chi connectivity index (χ0v) is 10.8. The van der Waals surface area contributed by atoms with Crippen LogP contribution in [0.25, 0.3) is 0 Å². The minimum absolute atomic E-state index is 0.293.